The van der Waals surface area contributed by atoms with E-state index in [2.05, 4.69) is 0 Å². The topological polar surface area (TPSA) is 60.8 Å². The Morgan fingerprint density at radius 2 is 1.73 bits per heavy atom. The molecule has 0 aliphatic heterocycles. The lowest BCUT2D eigenvalue weighted by Gasteiger charge is -2.23. The normalized spacial score (nSPS) is 10.5. The molecule has 2 rings (SSSR count). The van der Waals surface area contributed by atoms with Gasteiger partial charge in [-0.3, -0.25) is 4.79 Å². The Morgan fingerprint density at radius 1 is 1.09 bits per heavy atom. The molecule has 4 nitrogen and oxygen atoms in total. The summed E-state index contributed by atoms with van der Waals surface area (Å²) in [7, 11) is 0. The zero-order chi connectivity index (χ0) is 16.1. The molecule has 0 atom stereocenters. The molecule has 0 radical (unpaired) electrons. The van der Waals surface area contributed by atoms with Crippen LogP contribution < -0.4 is 4.90 Å². The van der Waals surface area contributed by atoms with Gasteiger partial charge >= 0.3 is 0 Å². The van der Waals surface area contributed by atoms with Gasteiger partial charge in [-0.2, -0.15) is 0 Å². The lowest BCUT2D eigenvalue weighted by atomic mass is 10.1. The maximum absolute atomic E-state index is 12.8. The number of rotatable bonds is 5. The van der Waals surface area contributed by atoms with Crippen molar-refractivity contribution in [3.63, 3.8) is 0 Å². The Morgan fingerprint density at radius 3 is 2.32 bits per heavy atom. The van der Waals surface area contributed by atoms with Crippen LogP contribution in [0.5, 0.6) is 11.5 Å². The average molecular weight is 320 g/mol. The third-order valence-electron chi connectivity index (χ3n) is 3.32. The molecule has 0 fully saturated rings. The molecular formula is C17H18ClNO3. The second-order valence-electron chi connectivity index (χ2n) is 4.99. The van der Waals surface area contributed by atoms with Crippen molar-refractivity contribution in [3.8, 4) is 11.5 Å². The Kier molecular flexibility index (Phi) is 5.28. The van der Waals surface area contributed by atoms with E-state index in [4.69, 9.17) is 11.6 Å². The SMILES string of the molecule is CCCCN(C(=O)c1ccc(O)cc1Cl)c1ccc(O)cc1. The number of phenols is 2. The number of unbranched alkanes of at least 4 members (excludes halogenated alkanes) is 1. The molecule has 0 aromatic heterocycles. The van der Waals surface area contributed by atoms with Gasteiger partial charge in [0.05, 0.1) is 10.6 Å². The quantitative estimate of drug-likeness (QED) is 0.868. The highest BCUT2D eigenvalue weighted by Crippen LogP contribution is 2.26. The predicted octanol–water partition coefficient (Wildman–Crippen LogP) is 4.20. The minimum absolute atomic E-state index is 0.0197. The van der Waals surface area contributed by atoms with E-state index < -0.39 is 0 Å². The summed E-state index contributed by atoms with van der Waals surface area (Å²) in [6, 6.07) is 10.8. The summed E-state index contributed by atoms with van der Waals surface area (Å²) in [5.74, 6) is -0.0651. The van der Waals surface area contributed by atoms with E-state index in [1.165, 1.54) is 18.2 Å². The second kappa shape index (κ2) is 7.18. The van der Waals surface area contributed by atoms with Gasteiger partial charge in [-0.05, 0) is 48.9 Å². The number of carbonyl (C=O) groups excluding carboxylic acids is 1. The smallest absolute Gasteiger partial charge is 0.259 e. The van der Waals surface area contributed by atoms with Gasteiger partial charge in [0.15, 0.2) is 0 Å². The Hall–Kier alpha value is -2.20. The molecule has 22 heavy (non-hydrogen) atoms. The number of benzene rings is 2. The lowest BCUT2D eigenvalue weighted by Crippen LogP contribution is -2.32. The number of hydrogen-bond acceptors (Lipinski definition) is 3. The molecule has 0 bridgehead atoms. The van der Waals surface area contributed by atoms with Gasteiger partial charge < -0.3 is 15.1 Å². The summed E-state index contributed by atoms with van der Waals surface area (Å²) in [5.41, 5.74) is 1.03. The summed E-state index contributed by atoms with van der Waals surface area (Å²) in [6.07, 6.45) is 1.80. The van der Waals surface area contributed by atoms with Gasteiger partial charge in [0.1, 0.15) is 11.5 Å². The lowest BCUT2D eigenvalue weighted by molar-refractivity contribution is 0.0986. The van der Waals surface area contributed by atoms with E-state index in [1.807, 2.05) is 6.92 Å². The highest BCUT2D eigenvalue weighted by Gasteiger charge is 2.20. The summed E-state index contributed by atoms with van der Waals surface area (Å²) < 4.78 is 0. The van der Waals surface area contributed by atoms with Crippen molar-refractivity contribution < 1.29 is 15.0 Å². The van der Waals surface area contributed by atoms with Crippen molar-refractivity contribution >= 4 is 23.2 Å². The molecule has 0 heterocycles. The molecule has 2 aromatic carbocycles. The molecule has 1 amide bonds. The monoisotopic (exact) mass is 319 g/mol. The van der Waals surface area contributed by atoms with Crippen LogP contribution in [0.15, 0.2) is 42.5 Å². The Balaban J connectivity index is 2.35. The number of phenolic OH excluding ortho intramolecular Hbond substituents is 2. The molecule has 2 aromatic rings. The van der Waals surface area contributed by atoms with Gasteiger partial charge in [-0.25, -0.2) is 0 Å². The van der Waals surface area contributed by atoms with E-state index >= 15 is 0 Å². The first kappa shape index (κ1) is 16.2. The number of carbonyl (C=O) groups is 1. The van der Waals surface area contributed by atoms with Gasteiger partial charge in [-0.15, -0.1) is 0 Å². The molecule has 0 spiro atoms. The van der Waals surface area contributed by atoms with Crippen LogP contribution in [-0.4, -0.2) is 22.7 Å². The standard InChI is InChI=1S/C17H18ClNO3/c1-2-3-10-19(12-4-6-13(20)7-5-12)17(22)15-9-8-14(21)11-16(15)18/h4-9,11,20-21H,2-3,10H2,1H3. The molecule has 0 unspecified atom stereocenters. The summed E-state index contributed by atoms with van der Waals surface area (Å²) >= 11 is 6.07. The summed E-state index contributed by atoms with van der Waals surface area (Å²) in [4.78, 5) is 14.4. The molecule has 2 N–H and O–H groups in total. The minimum Gasteiger partial charge on any atom is -0.508 e. The Bertz CT molecular complexity index is 655. The van der Waals surface area contributed by atoms with Crippen LogP contribution in [0.4, 0.5) is 5.69 Å². The fourth-order valence-electron chi connectivity index (χ4n) is 2.12. The molecule has 0 saturated carbocycles. The van der Waals surface area contributed by atoms with Crippen LogP contribution in [0.3, 0.4) is 0 Å². The molecular weight excluding hydrogens is 302 g/mol. The van der Waals surface area contributed by atoms with Crippen molar-refractivity contribution in [1.82, 2.24) is 0 Å². The van der Waals surface area contributed by atoms with Crippen LogP contribution in [0.25, 0.3) is 0 Å². The molecule has 0 saturated heterocycles. The third kappa shape index (κ3) is 3.71. The van der Waals surface area contributed by atoms with Gasteiger partial charge in [0, 0.05) is 12.2 Å². The molecule has 5 heteroatoms. The van der Waals surface area contributed by atoms with Crippen LogP contribution in [-0.2, 0) is 0 Å². The largest absolute Gasteiger partial charge is 0.508 e. The van der Waals surface area contributed by atoms with E-state index in [0.29, 0.717) is 17.8 Å². The second-order valence-corrected chi connectivity index (χ2v) is 5.40. The van der Waals surface area contributed by atoms with Crippen molar-refractivity contribution in [2.24, 2.45) is 0 Å². The van der Waals surface area contributed by atoms with E-state index in [9.17, 15) is 15.0 Å². The number of halogens is 1. The summed E-state index contributed by atoms with van der Waals surface area (Å²) in [6.45, 7) is 2.60. The number of amides is 1. The molecule has 116 valence electrons. The van der Waals surface area contributed by atoms with Crippen molar-refractivity contribution in [2.75, 3.05) is 11.4 Å². The predicted molar refractivity (Wildman–Crippen MR) is 87.8 cm³/mol. The number of anilines is 1. The first-order valence-corrected chi connectivity index (χ1v) is 7.50. The number of nitrogens with zero attached hydrogens (tertiary/aromatic N) is 1. The first-order chi connectivity index (χ1) is 10.5. The van der Waals surface area contributed by atoms with Crippen LogP contribution >= 0.6 is 11.6 Å². The van der Waals surface area contributed by atoms with Gasteiger partial charge in [-0.1, -0.05) is 24.9 Å². The van der Waals surface area contributed by atoms with Crippen LogP contribution in [0, 0.1) is 0 Å². The molecule has 0 aliphatic rings. The maximum Gasteiger partial charge on any atom is 0.259 e. The fraction of sp³-hybridized carbons (Fsp3) is 0.235. The minimum atomic E-state index is -0.232. The van der Waals surface area contributed by atoms with Crippen LogP contribution in [0.2, 0.25) is 5.02 Å². The zero-order valence-electron chi connectivity index (χ0n) is 12.3. The van der Waals surface area contributed by atoms with E-state index in [1.54, 1.807) is 29.2 Å². The number of aromatic hydroxyl groups is 2. The first-order valence-electron chi connectivity index (χ1n) is 7.12. The van der Waals surface area contributed by atoms with E-state index in [-0.39, 0.29) is 22.4 Å². The Labute approximate surface area is 134 Å². The highest BCUT2D eigenvalue weighted by molar-refractivity contribution is 6.34. The molecule has 0 aliphatic carbocycles. The zero-order valence-corrected chi connectivity index (χ0v) is 13.0. The average Bonchev–Trinajstić information content (AvgIpc) is 2.49. The van der Waals surface area contributed by atoms with Crippen LogP contribution in [0.1, 0.15) is 30.1 Å². The van der Waals surface area contributed by atoms with Crippen molar-refractivity contribution in [3.05, 3.63) is 53.1 Å². The van der Waals surface area contributed by atoms with Gasteiger partial charge in [0.25, 0.3) is 5.91 Å². The maximum atomic E-state index is 12.8. The fourth-order valence-corrected chi connectivity index (χ4v) is 2.38. The highest BCUT2D eigenvalue weighted by atomic mass is 35.5. The van der Waals surface area contributed by atoms with E-state index in [0.717, 1.165) is 12.8 Å². The summed E-state index contributed by atoms with van der Waals surface area (Å²) in [5, 5.41) is 19.0. The van der Waals surface area contributed by atoms with Gasteiger partial charge in [0.2, 0.25) is 0 Å². The number of hydrogen-bond donors (Lipinski definition) is 2. The van der Waals surface area contributed by atoms with Crippen molar-refractivity contribution in [2.45, 2.75) is 19.8 Å². The third-order valence-corrected chi connectivity index (χ3v) is 3.64. The van der Waals surface area contributed by atoms with Crippen molar-refractivity contribution in [1.29, 1.82) is 0 Å².